The first kappa shape index (κ1) is 50.1. The van der Waals surface area contributed by atoms with Gasteiger partial charge in [0.05, 0.1) is 11.6 Å². The first-order chi connectivity index (χ1) is 27.7. The summed E-state index contributed by atoms with van der Waals surface area (Å²) in [6.07, 6.45) is 0. The van der Waals surface area contributed by atoms with Crippen molar-refractivity contribution in [3.8, 4) is 6.07 Å². The van der Waals surface area contributed by atoms with Gasteiger partial charge in [0.15, 0.2) is 0 Å². The second kappa shape index (κ2) is 24.2. The quantitative estimate of drug-likeness (QED) is 0.171. The molecule has 0 heterocycles. The van der Waals surface area contributed by atoms with Crippen LogP contribution in [0.15, 0.2) is 109 Å². The molecule has 0 N–H and O–H groups in total. The lowest BCUT2D eigenvalue weighted by Crippen LogP contribution is -1.95. The molecule has 0 radical (unpaired) electrons. The van der Waals surface area contributed by atoms with E-state index in [9.17, 15) is 4.39 Å². The van der Waals surface area contributed by atoms with Gasteiger partial charge in [0.2, 0.25) is 0 Å². The summed E-state index contributed by atoms with van der Waals surface area (Å²) >= 11 is 0. The first-order valence-corrected chi connectivity index (χ1v) is 21.6. The smallest absolute Gasteiger partial charge is 0.126 e. The Bertz CT molecular complexity index is 2260. The Balaban J connectivity index is 0.000000255. The summed E-state index contributed by atoms with van der Waals surface area (Å²) in [5.74, 6) is 2.76. The Kier molecular flexibility index (Phi) is 20.5. The van der Waals surface area contributed by atoms with Gasteiger partial charge in [0, 0.05) is 0 Å². The molecule has 0 saturated heterocycles. The Morgan fingerprint density at radius 3 is 1.24 bits per heavy atom. The molecule has 0 aliphatic carbocycles. The molecule has 6 aromatic rings. The van der Waals surface area contributed by atoms with Crippen LogP contribution in [0.25, 0.3) is 10.8 Å². The van der Waals surface area contributed by atoms with E-state index in [1.807, 2.05) is 31.2 Å². The molecule has 2 heteroatoms. The zero-order chi connectivity index (χ0) is 44.6. The molecular weight excluding hydrogens is 718 g/mol. The molecule has 0 aliphatic rings. The summed E-state index contributed by atoms with van der Waals surface area (Å²) < 4.78 is 13.1. The van der Waals surface area contributed by atoms with Crippen molar-refractivity contribution in [2.24, 2.45) is 0 Å². The number of nitrogens with zero attached hydrogens (tertiary/aromatic N) is 1. The van der Waals surface area contributed by atoms with E-state index in [4.69, 9.17) is 5.26 Å². The van der Waals surface area contributed by atoms with Gasteiger partial charge in [-0.1, -0.05) is 166 Å². The molecule has 0 aliphatic heterocycles. The van der Waals surface area contributed by atoms with Crippen LogP contribution in [0, 0.1) is 65.6 Å². The standard InChI is InChI=1S/C14H16.C11H15F.C11H13N.C11H16.C10H14/c1-10(2)14-9-13-7-5-4-6-12(13)8-11(14)3;1-7(2)10-6-11(12)9(4)5-8(10)3;1-8(2)11-5-4-10(7-12)6-9(11)3;1-8(2)11-6-5-9(3)7-10(11)4;1-8(2)10-7-5-4-6-9(10)3/h4-10H,1-3H3;5-7H,1-4H3;4-6,8H,1-3H3;5-8H,1-4H3;4-8H,1-3H3. The van der Waals surface area contributed by atoms with E-state index in [0.29, 0.717) is 29.6 Å². The van der Waals surface area contributed by atoms with Gasteiger partial charge in [-0.05, 0) is 168 Å². The molecule has 0 fully saturated rings. The van der Waals surface area contributed by atoms with Crippen LogP contribution in [0.4, 0.5) is 4.39 Å². The average Bonchev–Trinajstić information content (AvgIpc) is 3.16. The summed E-state index contributed by atoms with van der Waals surface area (Å²) in [5, 5.41) is 11.3. The minimum absolute atomic E-state index is 0.0932. The van der Waals surface area contributed by atoms with E-state index in [1.54, 1.807) is 13.0 Å². The van der Waals surface area contributed by atoms with E-state index >= 15 is 0 Å². The van der Waals surface area contributed by atoms with Crippen molar-refractivity contribution in [2.75, 3.05) is 0 Å². The number of halogens is 1. The second-order valence-electron chi connectivity index (χ2n) is 17.7. The molecule has 0 spiro atoms. The maximum Gasteiger partial charge on any atom is 0.126 e. The molecular formula is C57H74FN. The second-order valence-corrected chi connectivity index (χ2v) is 17.7. The molecule has 0 bridgehead atoms. The van der Waals surface area contributed by atoms with Gasteiger partial charge in [0.1, 0.15) is 5.82 Å². The lowest BCUT2D eigenvalue weighted by Gasteiger charge is -2.11. The predicted octanol–water partition coefficient (Wildman–Crippen LogP) is 17.4. The molecule has 0 unspecified atom stereocenters. The van der Waals surface area contributed by atoms with Crippen molar-refractivity contribution >= 4 is 10.8 Å². The van der Waals surface area contributed by atoms with E-state index in [0.717, 1.165) is 16.7 Å². The summed E-state index contributed by atoms with van der Waals surface area (Å²) in [6, 6.07) is 39.9. The van der Waals surface area contributed by atoms with Gasteiger partial charge in [-0.3, -0.25) is 0 Å². The molecule has 1 nitrogen and oxygen atoms in total. The maximum atomic E-state index is 13.1. The number of benzene rings is 6. The lowest BCUT2D eigenvalue weighted by atomic mass is 9.94. The number of nitriles is 1. The van der Waals surface area contributed by atoms with Gasteiger partial charge >= 0.3 is 0 Å². The monoisotopic (exact) mass is 792 g/mol. The SMILES string of the molecule is Cc1cc(C#N)ccc1C(C)C.Cc1cc(C)c(C(C)C)cc1F.Cc1cc2ccccc2cc1C(C)C.Cc1ccc(C(C)C)c(C)c1.Cc1ccccc1C(C)C. The molecule has 6 rings (SSSR count). The minimum atomic E-state index is -0.0932. The number of rotatable bonds is 5. The van der Waals surface area contributed by atoms with Crippen LogP contribution in [0.5, 0.6) is 0 Å². The minimum Gasteiger partial charge on any atom is -0.207 e. The largest absolute Gasteiger partial charge is 0.207 e. The van der Waals surface area contributed by atoms with Crippen LogP contribution in [0.1, 0.15) is 171 Å². The molecule has 0 atom stereocenters. The average molecular weight is 792 g/mol. The van der Waals surface area contributed by atoms with E-state index in [2.05, 4.69) is 189 Å². The predicted molar refractivity (Wildman–Crippen MR) is 258 cm³/mol. The first-order valence-electron chi connectivity index (χ1n) is 21.6. The Morgan fingerprint density at radius 2 is 0.780 bits per heavy atom. The Labute approximate surface area is 359 Å². The Morgan fingerprint density at radius 1 is 0.373 bits per heavy atom. The molecule has 0 amide bonds. The molecule has 59 heavy (non-hydrogen) atoms. The number of hydrogen-bond donors (Lipinski definition) is 0. The number of hydrogen-bond acceptors (Lipinski definition) is 1. The molecule has 314 valence electrons. The van der Waals surface area contributed by atoms with Gasteiger partial charge in [-0.2, -0.15) is 5.26 Å². The Hall–Kier alpha value is -5.00. The highest BCUT2D eigenvalue weighted by molar-refractivity contribution is 5.84. The van der Waals surface area contributed by atoms with E-state index in [-0.39, 0.29) is 5.82 Å². The van der Waals surface area contributed by atoms with E-state index < -0.39 is 0 Å². The van der Waals surface area contributed by atoms with Crippen molar-refractivity contribution < 1.29 is 4.39 Å². The van der Waals surface area contributed by atoms with Crippen LogP contribution >= 0.6 is 0 Å². The van der Waals surface area contributed by atoms with Crippen LogP contribution in [-0.2, 0) is 0 Å². The lowest BCUT2D eigenvalue weighted by molar-refractivity contribution is 0.613. The van der Waals surface area contributed by atoms with E-state index in [1.165, 1.54) is 66.4 Å². The van der Waals surface area contributed by atoms with Crippen LogP contribution < -0.4 is 0 Å². The van der Waals surface area contributed by atoms with Crippen molar-refractivity contribution in [3.05, 3.63) is 187 Å². The third kappa shape index (κ3) is 15.9. The summed E-state index contributed by atoms with van der Waals surface area (Å²) in [7, 11) is 0. The molecule has 0 aromatic heterocycles. The summed E-state index contributed by atoms with van der Waals surface area (Å²) in [4.78, 5) is 0. The van der Waals surface area contributed by atoms with Gasteiger partial charge in [-0.25, -0.2) is 4.39 Å². The third-order valence-electron chi connectivity index (χ3n) is 10.8. The summed E-state index contributed by atoms with van der Waals surface area (Å²) in [5.41, 5.74) is 16.3. The topological polar surface area (TPSA) is 23.8 Å². The molecule has 6 aromatic carbocycles. The zero-order valence-electron chi connectivity index (χ0n) is 39.6. The highest BCUT2D eigenvalue weighted by Crippen LogP contribution is 2.26. The molecule has 0 saturated carbocycles. The fraction of sp³-hybridized carbons (Fsp3) is 0.386. The van der Waals surface area contributed by atoms with Crippen molar-refractivity contribution in [3.63, 3.8) is 0 Å². The van der Waals surface area contributed by atoms with Crippen LogP contribution in [-0.4, -0.2) is 0 Å². The highest BCUT2D eigenvalue weighted by Gasteiger charge is 2.08. The van der Waals surface area contributed by atoms with Crippen molar-refractivity contribution in [1.82, 2.24) is 0 Å². The maximum absolute atomic E-state index is 13.1. The van der Waals surface area contributed by atoms with Gasteiger partial charge < -0.3 is 0 Å². The summed E-state index contributed by atoms with van der Waals surface area (Å²) in [6.45, 7) is 36.5. The van der Waals surface area contributed by atoms with Crippen molar-refractivity contribution in [1.29, 1.82) is 5.26 Å². The number of aryl methyl sites for hydroxylation is 7. The fourth-order valence-corrected chi connectivity index (χ4v) is 7.56. The zero-order valence-corrected chi connectivity index (χ0v) is 39.6. The van der Waals surface area contributed by atoms with Crippen LogP contribution in [0.3, 0.4) is 0 Å². The normalized spacial score (nSPS) is 10.6. The van der Waals surface area contributed by atoms with Gasteiger partial charge in [-0.15, -0.1) is 0 Å². The van der Waals surface area contributed by atoms with Gasteiger partial charge in [0.25, 0.3) is 0 Å². The number of fused-ring (bicyclic) bond motifs is 1. The fourth-order valence-electron chi connectivity index (χ4n) is 7.56. The van der Waals surface area contributed by atoms with Crippen LogP contribution in [0.2, 0.25) is 0 Å². The highest BCUT2D eigenvalue weighted by atomic mass is 19.1. The third-order valence-corrected chi connectivity index (χ3v) is 10.8. The van der Waals surface area contributed by atoms with Crippen molar-refractivity contribution in [2.45, 2.75) is 147 Å².